The van der Waals surface area contributed by atoms with Crippen molar-refractivity contribution < 1.29 is 9.90 Å². The summed E-state index contributed by atoms with van der Waals surface area (Å²) >= 11 is 1.78. The number of carbonyl (C=O) groups is 1. The van der Waals surface area contributed by atoms with Crippen molar-refractivity contribution in [3.63, 3.8) is 0 Å². The van der Waals surface area contributed by atoms with Crippen LogP contribution in [0, 0.1) is 5.92 Å². The second-order valence-corrected chi connectivity index (χ2v) is 4.76. The Bertz CT molecular complexity index is 153. The smallest absolute Gasteiger partial charge is 0.220 e. The summed E-state index contributed by atoms with van der Waals surface area (Å²) in [5.41, 5.74) is 0. The highest BCUT2D eigenvalue weighted by atomic mass is 32.2. The molecule has 1 atom stereocenters. The van der Waals surface area contributed by atoms with Gasteiger partial charge in [0.25, 0.3) is 0 Å². The molecule has 0 saturated carbocycles. The lowest BCUT2D eigenvalue weighted by molar-refractivity contribution is -0.120. The van der Waals surface area contributed by atoms with Crippen molar-refractivity contribution in [2.75, 3.05) is 24.7 Å². The van der Waals surface area contributed by atoms with Gasteiger partial charge in [0, 0.05) is 25.3 Å². The van der Waals surface area contributed by atoms with E-state index in [1.54, 1.807) is 11.8 Å². The topological polar surface area (TPSA) is 49.3 Å². The highest BCUT2D eigenvalue weighted by Gasteiger charge is 2.04. The lowest BCUT2D eigenvalue weighted by Crippen LogP contribution is -2.28. The summed E-state index contributed by atoms with van der Waals surface area (Å²) in [6, 6.07) is 0. The van der Waals surface area contributed by atoms with E-state index in [0.29, 0.717) is 18.9 Å². The molecule has 0 bridgehead atoms. The molecule has 0 aromatic carbocycles. The summed E-state index contributed by atoms with van der Waals surface area (Å²) in [4.78, 5) is 11.2. The third-order valence-electron chi connectivity index (χ3n) is 1.95. The number of amides is 1. The Balaban J connectivity index is 3.34. The molecule has 0 saturated heterocycles. The fourth-order valence-electron chi connectivity index (χ4n) is 1.01. The van der Waals surface area contributed by atoms with E-state index in [4.69, 9.17) is 5.11 Å². The van der Waals surface area contributed by atoms with Crippen LogP contribution in [-0.4, -0.2) is 35.7 Å². The summed E-state index contributed by atoms with van der Waals surface area (Å²) in [6.45, 7) is 4.99. The molecule has 4 heteroatoms. The standard InChI is InChI=1S/C10H21NO2S/c1-3-14-7-5-10(13)11-8-9(2)4-6-12/h9,12H,3-8H2,1-2H3,(H,11,13). The van der Waals surface area contributed by atoms with Crippen molar-refractivity contribution in [2.24, 2.45) is 5.92 Å². The number of carbonyl (C=O) groups excluding carboxylic acids is 1. The molecular weight excluding hydrogens is 198 g/mol. The van der Waals surface area contributed by atoms with Crippen LogP contribution in [0.15, 0.2) is 0 Å². The summed E-state index contributed by atoms with van der Waals surface area (Å²) in [6.07, 6.45) is 1.36. The van der Waals surface area contributed by atoms with Gasteiger partial charge in [0.2, 0.25) is 5.91 Å². The van der Waals surface area contributed by atoms with Crippen LogP contribution in [0.25, 0.3) is 0 Å². The number of hydrogen-bond acceptors (Lipinski definition) is 3. The highest BCUT2D eigenvalue weighted by Crippen LogP contribution is 2.01. The molecule has 0 aliphatic rings. The van der Waals surface area contributed by atoms with Gasteiger partial charge in [-0.05, 0) is 18.1 Å². The van der Waals surface area contributed by atoms with E-state index in [0.717, 1.165) is 17.9 Å². The van der Waals surface area contributed by atoms with Crippen molar-refractivity contribution >= 4 is 17.7 Å². The van der Waals surface area contributed by atoms with Gasteiger partial charge in [-0.3, -0.25) is 4.79 Å². The average Bonchev–Trinajstić information content (AvgIpc) is 2.16. The first-order valence-corrected chi connectivity index (χ1v) is 6.31. The molecule has 0 radical (unpaired) electrons. The molecule has 0 fully saturated rings. The molecule has 1 amide bonds. The fraction of sp³-hybridized carbons (Fsp3) is 0.900. The predicted octanol–water partition coefficient (Wildman–Crippen LogP) is 1.26. The van der Waals surface area contributed by atoms with E-state index in [9.17, 15) is 4.79 Å². The molecule has 14 heavy (non-hydrogen) atoms. The van der Waals surface area contributed by atoms with E-state index in [2.05, 4.69) is 12.2 Å². The van der Waals surface area contributed by atoms with Gasteiger partial charge in [-0.25, -0.2) is 0 Å². The van der Waals surface area contributed by atoms with Crippen molar-refractivity contribution in [1.82, 2.24) is 5.32 Å². The monoisotopic (exact) mass is 219 g/mol. The van der Waals surface area contributed by atoms with Crippen LogP contribution >= 0.6 is 11.8 Å². The first-order valence-electron chi connectivity index (χ1n) is 5.16. The zero-order chi connectivity index (χ0) is 10.8. The maximum absolute atomic E-state index is 11.2. The number of nitrogens with one attached hydrogen (secondary N) is 1. The Labute approximate surface area is 90.7 Å². The number of aliphatic hydroxyl groups is 1. The van der Waals surface area contributed by atoms with Gasteiger partial charge in [-0.15, -0.1) is 0 Å². The second kappa shape index (κ2) is 9.34. The van der Waals surface area contributed by atoms with Crippen LogP contribution in [0.2, 0.25) is 0 Å². The predicted molar refractivity (Wildman–Crippen MR) is 61.5 cm³/mol. The van der Waals surface area contributed by atoms with Crippen LogP contribution < -0.4 is 5.32 Å². The molecule has 84 valence electrons. The number of hydrogen-bond donors (Lipinski definition) is 2. The number of rotatable bonds is 8. The molecule has 3 nitrogen and oxygen atoms in total. The Morgan fingerprint density at radius 3 is 2.86 bits per heavy atom. The van der Waals surface area contributed by atoms with Gasteiger partial charge in [0.1, 0.15) is 0 Å². The third kappa shape index (κ3) is 8.38. The van der Waals surface area contributed by atoms with Crippen LogP contribution in [0.4, 0.5) is 0 Å². The Morgan fingerprint density at radius 1 is 1.57 bits per heavy atom. The molecule has 0 heterocycles. The molecular formula is C10H21NO2S. The Morgan fingerprint density at radius 2 is 2.29 bits per heavy atom. The summed E-state index contributed by atoms with van der Waals surface area (Å²) < 4.78 is 0. The van der Waals surface area contributed by atoms with Gasteiger partial charge in [0.05, 0.1) is 0 Å². The first kappa shape index (κ1) is 13.8. The van der Waals surface area contributed by atoms with Crippen LogP contribution in [0.5, 0.6) is 0 Å². The van der Waals surface area contributed by atoms with Crippen molar-refractivity contribution in [2.45, 2.75) is 26.7 Å². The summed E-state index contributed by atoms with van der Waals surface area (Å²) in [7, 11) is 0. The SMILES string of the molecule is CCSCCC(=O)NCC(C)CCO. The zero-order valence-electron chi connectivity index (χ0n) is 9.08. The Hall–Kier alpha value is -0.220. The van der Waals surface area contributed by atoms with E-state index >= 15 is 0 Å². The van der Waals surface area contributed by atoms with Crippen molar-refractivity contribution in [3.8, 4) is 0 Å². The van der Waals surface area contributed by atoms with Crippen LogP contribution in [0.1, 0.15) is 26.7 Å². The zero-order valence-corrected chi connectivity index (χ0v) is 9.90. The summed E-state index contributed by atoms with van der Waals surface area (Å²) in [5, 5.41) is 11.5. The largest absolute Gasteiger partial charge is 0.396 e. The fourth-order valence-corrected chi connectivity index (χ4v) is 1.63. The van der Waals surface area contributed by atoms with E-state index in [-0.39, 0.29) is 12.5 Å². The first-order chi connectivity index (χ1) is 6.70. The quantitative estimate of drug-likeness (QED) is 0.604. The van der Waals surface area contributed by atoms with Crippen LogP contribution in [-0.2, 0) is 4.79 Å². The minimum Gasteiger partial charge on any atom is -0.396 e. The Kier molecular flexibility index (Phi) is 9.19. The van der Waals surface area contributed by atoms with Crippen molar-refractivity contribution in [3.05, 3.63) is 0 Å². The molecule has 1 unspecified atom stereocenters. The van der Waals surface area contributed by atoms with Gasteiger partial charge >= 0.3 is 0 Å². The van der Waals surface area contributed by atoms with Crippen molar-refractivity contribution in [1.29, 1.82) is 0 Å². The minimum atomic E-state index is 0.121. The minimum absolute atomic E-state index is 0.121. The maximum atomic E-state index is 11.2. The molecule has 0 aliphatic carbocycles. The molecule has 2 N–H and O–H groups in total. The molecule has 0 rings (SSSR count). The van der Waals surface area contributed by atoms with E-state index < -0.39 is 0 Å². The summed E-state index contributed by atoms with van der Waals surface area (Å²) in [5.74, 6) is 2.45. The van der Waals surface area contributed by atoms with Gasteiger partial charge < -0.3 is 10.4 Å². The van der Waals surface area contributed by atoms with Gasteiger partial charge in [-0.1, -0.05) is 13.8 Å². The average molecular weight is 219 g/mol. The van der Waals surface area contributed by atoms with E-state index in [1.165, 1.54) is 0 Å². The maximum Gasteiger partial charge on any atom is 0.220 e. The normalized spacial score (nSPS) is 12.5. The van der Waals surface area contributed by atoms with Crippen LogP contribution in [0.3, 0.4) is 0 Å². The number of aliphatic hydroxyl groups excluding tert-OH is 1. The molecule has 0 aliphatic heterocycles. The molecule has 0 aromatic rings. The second-order valence-electron chi connectivity index (χ2n) is 3.37. The van der Waals surface area contributed by atoms with Gasteiger partial charge in [-0.2, -0.15) is 11.8 Å². The number of thioether (sulfide) groups is 1. The lowest BCUT2D eigenvalue weighted by Gasteiger charge is -2.10. The van der Waals surface area contributed by atoms with Gasteiger partial charge in [0.15, 0.2) is 0 Å². The third-order valence-corrected chi connectivity index (χ3v) is 2.85. The lowest BCUT2D eigenvalue weighted by atomic mass is 10.1. The highest BCUT2D eigenvalue weighted by molar-refractivity contribution is 7.99. The molecule has 0 aromatic heterocycles. The van der Waals surface area contributed by atoms with E-state index in [1.807, 2.05) is 6.92 Å². The molecule has 0 spiro atoms.